The summed E-state index contributed by atoms with van der Waals surface area (Å²) in [6.45, 7) is 10.0. The van der Waals surface area contributed by atoms with Crippen LogP contribution in [-0.4, -0.2) is 54.5 Å². The number of aromatic nitrogens is 2. The molecule has 1 aliphatic rings. The maximum atomic E-state index is 13.0. The average molecular weight is 486 g/mol. The molecule has 0 amide bonds. The van der Waals surface area contributed by atoms with Gasteiger partial charge in [-0.1, -0.05) is 12.1 Å². The van der Waals surface area contributed by atoms with Gasteiger partial charge in [-0.2, -0.15) is 4.31 Å². The van der Waals surface area contributed by atoms with Crippen LogP contribution >= 0.6 is 0 Å². The lowest BCUT2D eigenvalue weighted by Crippen LogP contribution is -2.40. The Morgan fingerprint density at radius 1 is 1.09 bits per heavy atom. The lowest BCUT2D eigenvalue weighted by molar-refractivity contribution is -0.134. The van der Waals surface area contributed by atoms with Crippen LogP contribution in [-0.2, 0) is 32.5 Å². The van der Waals surface area contributed by atoms with E-state index < -0.39 is 10.0 Å². The number of hydrogen-bond acceptors (Lipinski definition) is 6. The van der Waals surface area contributed by atoms with Crippen molar-refractivity contribution in [2.45, 2.75) is 52.0 Å². The summed E-state index contributed by atoms with van der Waals surface area (Å²) < 4.78 is 40.5. The number of carbonyl (C=O) groups is 1. The highest BCUT2D eigenvalue weighted by atomic mass is 32.2. The molecule has 2 heterocycles. The van der Waals surface area contributed by atoms with Crippen LogP contribution < -0.4 is 4.74 Å². The van der Waals surface area contributed by atoms with Gasteiger partial charge in [0, 0.05) is 26.1 Å². The van der Waals surface area contributed by atoms with Gasteiger partial charge < -0.3 is 14.0 Å². The highest BCUT2D eigenvalue weighted by Crippen LogP contribution is 2.27. The molecule has 0 atom stereocenters. The fourth-order valence-electron chi connectivity index (χ4n) is 4.26. The summed E-state index contributed by atoms with van der Waals surface area (Å²) in [4.78, 5) is 17.5. The topological polar surface area (TPSA) is 90.7 Å². The van der Waals surface area contributed by atoms with Gasteiger partial charge in [0.05, 0.1) is 35.6 Å². The zero-order valence-electron chi connectivity index (χ0n) is 20.1. The average Bonchev–Trinajstić information content (AvgIpc) is 3.20. The first-order valence-corrected chi connectivity index (χ1v) is 13.0. The second-order valence-electron chi connectivity index (χ2n) is 8.57. The first-order chi connectivity index (χ1) is 16.2. The van der Waals surface area contributed by atoms with Crippen LogP contribution in [0.4, 0.5) is 0 Å². The summed E-state index contributed by atoms with van der Waals surface area (Å²) in [5.74, 6) is 1.03. The van der Waals surface area contributed by atoms with E-state index in [9.17, 15) is 13.2 Å². The Morgan fingerprint density at radius 3 is 2.50 bits per heavy atom. The summed E-state index contributed by atoms with van der Waals surface area (Å²) in [5.41, 5.74) is 4.40. The molecule has 0 spiro atoms. The first kappa shape index (κ1) is 24.4. The molecule has 34 heavy (non-hydrogen) atoms. The third-order valence-electron chi connectivity index (χ3n) is 6.37. The van der Waals surface area contributed by atoms with Gasteiger partial charge in [0.25, 0.3) is 0 Å². The molecule has 0 bridgehead atoms. The van der Waals surface area contributed by atoms with E-state index in [0.29, 0.717) is 50.5 Å². The van der Waals surface area contributed by atoms with Crippen LogP contribution in [0.25, 0.3) is 11.0 Å². The number of benzene rings is 2. The minimum Gasteiger partial charge on any atom is -0.426 e. The number of imidazole rings is 1. The van der Waals surface area contributed by atoms with Gasteiger partial charge in [-0.25, -0.2) is 13.4 Å². The van der Waals surface area contributed by atoms with E-state index in [4.69, 9.17) is 9.47 Å². The Labute approximate surface area is 200 Å². The van der Waals surface area contributed by atoms with Crippen molar-refractivity contribution >= 4 is 27.0 Å². The number of esters is 1. The number of morpholine rings is 1. The number of nitrogens with zero attached hydrogens (tertiary/aromatic N) is 3. The van der Waals surface area contributed by atoms with Crippen LogP contribution in [0.1, 0.15) is 35.9 Å². The van der Waals surface area contributed by atoms with Crippen LogP contribution in [0.15, 0.2) is 35.2 Å². The van der Waals surface area contributed by atoms with Crippen LogP contribution in [0.5, 0.6) is 5.75 Å². The minimum absolute atomic E-state index is 0.176. The molecule has 8 nitrogen and oxygen atoms in total. The standard InChI is InChI=1S/C25H31N3O5S/c1-5-28-22-9-8-20(34(30,31)27-12-14-32-15-13-27)16-21(22)26-23(28)10-11-24(29)33-25-18(3)7-6-17(2)19(25)4/h6-9,16H,5,10-15H2,1-4H3. The third kappa shape index (κ3) is 4.73. The molecule has 182 valence electrons. The Bertz CT molecular complexity index is 1320. The van der Waals surface area contributed by atoms with Crippen molar-refractivity contribution in [2.24, 2.45) is 0 Å². The predicted molar refractivity (Wildman–Crippen MR) is 130 cm³/mol. The maximum Gasteiger partial charge on any atom is 0.311 e. The van der Waals surface area contributed by atoms with Crippen molar-refractivity contribution < 1.29 is 22.7 Å². The molecule has 3 aromatic rings. The van der Waals surface area contributed by atoms with Crippen molar-refractivity contribution in [1.29, 1.82) is 0 Å². The van der Waals surface area contributed by atoms with E-state index in [1.807, 2.05) is 44.4 Å². The first-order valence-electron chi connectivity index (χ1n) is 11.6. The van der Waals surface area contributed by atoms with E-state index in [1.165, 1.54) is 4.31 Å². The highest BCUT2D eigenvalue weighted by molar-refractivity contribution is 7.89. The minimum atomic E-state index is -3.61. The molecule has 1 saturated heterocycles. The molecule has 0 radical (unpaired) electrons. The van der Waals surface area contributed by atoms with Crippen LogP contribution in [0.3, 0.4) is 0 Å². The number of aryl methyl sites for hydroxylation is 4. The summed E-state index contributed by atoms with van der Waals surface area (Å²) >= 11 is 0. The predicted octanol–water partition coefficient (Wildman–Crippen LogP) is 3.54. The fourth-order valence-corrected chi connectivity index (χ4v) is 5.69. The van der Waals surface area contributed by atoms with E-state index in [-0.39, 0.29) is 17.3 Å². The highest BCUT2D eigenvalue weighted by Gasteiger charge is 2.27. The third-order valence-corrected chi connectivity index (χ3v) is 8.26. The van der Waals surface area contributed by atoms with Gasteiger partial charge in [-0.05, 0) is 62.6 Å². The van der Waals surface area contributed by atoms with Crippen molar-refractivity contribution in [3.05, 3.63) is 52.8 Å². The Hall–Kier alpha value is -2.75. The molecule has 9 heteroatoms. The molecule has 1 aromatic heterocycles. The molecule has 0 unspecified atom stereocenters. The van der Waals surface area contributed by atoms with Crippen LogP contribution in [0.2, 0.25) is 0 Å². The Kier molecular flexibility index (Phi) is 7.06. The summed E-state index contributed by atoms with van der Waals surface area (Å²) in [6.07, 6.45) is 0.575. The van der Waals surface area contributed by atoms with Crippen molar-refractivity contribution in [1.82, 2.24) is 13.9 Å². The molecule has 4 rings (SSSR count). The monoisotopic (exact) mass is 485 g/mol. The number of hydrogen-bond donors (Lipinski definition) is 0. The van der Waals surface area contributed by atoms with Gasteiger partial charge in [-0.3, -0.25) is 4.79 Å². The molecular formula is C25H31N3O5S. The summed E-state index contributed by atoms with van der Waals surface area (Å²) in [5, 5.41) is 0. The van der Waals surface area contributed by atoms with Crippen molar-refractivity contribution in [3.63, 3.8) is 0 Å². The van der Waals surface area contributed by atoms with E-state index in [2.05, 4.69) is 4.98 Å². The Morgan fingerprint density at radius 2 is 1.79 bits per heavy atom. The van der Waals surface area contributed by atoms with Gasteiger partial charge >= 0.3 is 5.97 Å². The maximum absolute atomic E-state index is 13.0. The molecule has 1 aliphatic heterocycles. The number of sulfonamides is 1. The Balaban J connectivity index is 1.54. The van der Waals surface area contributed by atoms with Gasteiger partial charge in [0.15, 0.2) is 0 Å². The molecule has 2 aromatic carbocycles. The largest absolute Gasteiger partial charge is 0.426 e. The van der Waals surface area contributed by atoms with Gasteiger partial charge in [0.2, 0.25) is 10.0 Å². The second kappa shape index (κ2) is 9.85. The number of rotatable bonds is 7. The molecule has 0 N–H and O–H groups in total. The smallest absolute Gasteiger partial charge is 0.311 e. The number of ether oxygens (including phenoxy) is 2. The van der Waals surface area contributed by atoms with Crippen molar-refractivity contribution in [3.8, 4) is 5.75 Å². The van der Waals surface area contributed by atoms with Crippen LogP contribution in [0, 0.1) is 20.8 Å². The molecular weight excluding hydrogens is 454 g/mol. The SMILES string of the molecule is CCn1c(CCC(=O)Oc2c(C)ccc(C)c2C)nc2cc(S(=O)(=O)N3CCOCC3)ccc21. The fraction of sp³-hybridized carbons (Fsp3) is 0.440. The normalized spacial score (nSPS) is 15.1. The van der Waals surface area contributed by atoms with Gasteiger partial charge in [0.1, 0.15) is 11.6 Å². The van der Waals surface area contributed by atoms with E-state index >= 15 is 0 Å². The van der Waals surface area contributed by atoms with E-state index in [0.717, 1.165) is 28.0 Å². The number of fused-ring (bicyclic) bond motifs is 1. The van der Waals surface area contributed by atoms with E-state index in [1.54, 1.807) is 18.2 Å². The lowest BCUT2D eigenvalue weighted by atomic mass is 10.1. The summed E-state index contributed by atoms with van der Waals surface area (Å²) in [7, 11) is -3.61. The second-order valence-corrected chi connectivity index (χ2v) is 10.5. The summed E-state index contributed by atoms with van der Waals surface area (Å²) in [6, 6.07) is 9.00. The van der Waals surface area contributed by atoms with Crippen molar-refractivity contribution in [2.75, 3.05) is 26.3 Å². The lowest BCUT2D eigenvalue weighted by Gasteiger charge is -2.26. The zero-order valence-corrected chi connectivity index (χ0v) is 20.9. The molecule has 0 aliphatic carbocycles. The number of carbonyl (C=O) groups excluding carboxylic acids is 1. The molecule has 1 fully saturated rings. The zero-order chi connectivity index (χ0) is 24.5. The quantitative estimate of drug-likeness (QED) is 0.376. The molecule has 0 saturated carbocycles. The van der Waals surface area contributed by atoms with Gasteiger partial charge in [-0.15, -0.1) is 0 Å².